The van der Waals surface area contributed by atoms with Crippen LogP contribution in [0.5, 0.6) is 0 Å². The minimum absolute atomic E-state index is 0.211. The highest BCUT2D eigenvalue weighted by Crippen LogP contribution is 1.79. The molecule has 0 saturated carbocycles. The van der Waals surface area contributed by atoms with Gasteiger partial charge in [-0.2, -0.15) is 0 Å². The molecule has 0 radical (unpaired) electrons. The smallest absolute Gasteiger partial charge is 0.302 e. The lowest BCUT2D eigenvalue weighted by atomic mass is 10.7. The number of carbonyl (C=O) groups is 1. The molecule has 0 spiro atoms. The number of aromatic nitrogens is 1. The first-order chi connectivity index (χ1) is 7.77. The van der Waals surface area contributed by atoms with Crippen LogP contribution in [0.1, 0.15) is 13.8 Å². The summed E-state index contributed by atoms with van der Waals surface area (Å²) in [6.07, 6.45) is 7.72. The van der Waals surface area contributed by atoms with E-state index in [-0.39, 0.29) is 5.97 Å². The Morgan fingerprint density at radius 2 is 1.94 bits per heavy atom. The van der Waals surface area contributed by atoms with Crippen LogP contribution in [0.3, 0.4) is 0 Å². The van der Waals surface area contributed by atoms with Crippen molar-refractivity contribution in [3.05, 3.63) is 43.5 Å². The molecule has 0 unspecified atom stereocenters. The van der Waals surface area contributed by atoms with Gasteiger partial charge in [0.1, 0.15) is 6.26 Å². The van der Waals surface area contributed by atoms with Gasteiger partial charge in [-0.25, -0.2) is 4.98 Å². The molecule has 0 aliphatic rings. The third-order valence-electron chi connectivity index (χ3n) is 1.12. The molecule has 16 heavy (non-hydrogen) atoms. The molecule has 2 heterocycles. The van der Waals surface area contributed by atoms with Gasteiger partial charge in [-0.05, 0) is 19.1 Å². The van der Waals surface area contributed by atoms with E-state index in [1.165, 1.54) is 19.6 Å². The van der Waals surface area contributed by atoms with Crippen molar-refractivity contribution in [2.45, 2.75) is 13.8 Å². The Balaban J connectivity index is 0.000000211. The monoisotopic (exact) mass is 225 g/mol. The van der Waals surface area contributed by atoms with E-state index in [1.54, 1.807) is 25.6 Å². The van der Waals surface area contributed by atoms with E-state index < -0.39 is 0 Å². The molecule has 0 aromatic carbocycles. The van der Waals surface area contributed by atoms with E-state index in [9.17, 15) is 4.79 Å². The Hall–Kier alpha value is -2.04. The maximum absolute atomic E-state index is 9.82. The van der Waals surface area contributed by atoms with E-state index in [0.717, 1.165) is 0 Å². The van der Waals surface area contributed by atoms with Gasteiger partial charge in [0.2, 0.25) is 0 Å². The maximum Gasteiger partial charge on any atom is 0.302 e. The second-order valence-corrected chi connectivity index (χ2v) is 2.39. The molecule has 2 rings (SSSR count). The lowest BCUT2D eigenvalue weighted by molar-refractivity contribution is -0.140. The quantitative estimate of drug-likeness (QED) is 0.697. The highest BCUT2D eigenvalue weighted by Gasteiger charge is 1.81. The van der Waals surface area contributed by atoms with Crippen molar-refractivity contribution in [3.63, 3.8) is 0 Å². The van der Waals surface area contributed by atoms with E-state index in [1.807, 2.05) is 12.1 Å². The zero-order valence-corrected chi connectivity index (χ0v) is 9.33. The summed E-state index contributed by atoms with van der Waals surface area (Å²) >= 11 is 0. The van der Waals surface area contributed by atoms with E-state index in [4.69, 9.17) is 0 Å². The van der Waals surface area contributed by atoms with E-state index >= 15 is 0 Å². The van der Waals surface area contributed by atoms with Crippen LogP contribution in [0.25, 0.3) is 0 Å². The van der Waals surface area contributed by atoms with Crippen molar-refractivity contribution in [3.8, 4) is 0 Å². The number of carbonyl (C=O) groups excluding carboxylic acids is 1. The molecule has 0 N–H and O–H groups in total. The Morgan fingerprint density at radius 3 is 2.06 bits per heavy atom. The summed E-state index contributed by atoms with van der Waals surface area (Å²) in [4.78, 5) is 13.4. The van der Waals surface area contributed by atoms with Gasteiger partial charge in [0.05, 0.1) is 25.3 Å². The largest absolute Gasteiger partial charge is 0.473 e. The van der Waals surface area contributed by atoms with Crippen LogP contribution in [-0.2, 0) is 9.53 Å². The second-order valence-electron chi connectivity index (χ2n) is 2.39. The van der Waals surface area contributed by atoms with Gasteiger partial charge in [-0.1, -0.05) is 0 Å². The normalized spacial score (nSPS) is 7.88. The van der Waals surface area contributed by atoms with Gasteiger partial charge in [-0.15, -0.1) is 0 Å². The minimum atomic E-state index is -0.211. The van der Waals surface area contributed by atoms with Crippen LogP contribution in [-0.4, -0.2) is 17.6 Å². The Labute approximate surface area is 94.0 Å². The predicted molar refractivity (Wildman–Crippen MR) is 57.5 cm³/mol. The summed E-state index contributed by atoms with van der Waals surface area (Å²) in [6, 6.07) is 3.67. The second kappa shape index (κ2) is 11.0. The van der Waals surface area contributed by atoms with E-state index in [0.29, 0.717) is 6.61 Å². The molecular formula is C11H15NO4. The SMILES string of the molecule is CCOC(C)=O.c1ccoc1.c1cocn1. The molecule has 0 atom stereocenters. The van der Waals surface area contributed by atoms with Crippen LogP contribution in [0, 0.1) is 0 Å². The molecule has 0 saturated heterocycles. The first kappa shape index (κ1) is 14.0. The zero-order chi connectivity index (χ0) is 12.1. The number of oxazole rings is 1. The van der Waals surface area contributed by atoms with Crippen LogP contribution < -0.4 is 0 Å². The van der Waals surface area contributed by atoms with Crippen LogP contribution in [0.2, 0.25) is 0 Å². The zero-order valence-electron chi connectivity index (χ0n) is 9.33. The van der Waals surface area contributed by atoms with E-state index in [2.05, 4.69) is 18.6 Å². The van der Waals surface area contributed by atoms with Crippen LogP contribution in [0.4, 0.5) is 0 Å². The summed E-state index contributed by atoms with van der Waals surface area (Å²) in [6.45, 7) is 3.65. The topological polar surface area (TPSA) is 65.5 Å². The molecule has 88 valence electrons. The van der Waals surface area contributed by atoms with Gasteiger partial charge in [-0.3, -0.25) is 4.79 Å². The number of rotatable bonds is 1. The fourth-order valence-electron chi connectivity index (χ4n) is 0.606. The number of ether oxygens (including phenoxy) is 1. The number of hydrogen-bond donors (Lipinski definition) is 0. The summed E-state index contributed by atoms with van der Waals surface area (Å²) in [7, 11) is 0. The van der Waals surface area contributed by atoms with Crippen molar-refractivity contribution in [1.82, 2.24) is 4.98 Å². The first-order valence-electron chi connectivity index (χ1n) is 4.70. The lowest BCUT2D eigenvalue weighted by Crippen LogP contribution is -1.95. The number of furan rings is 1. The molecule has 2 aromatic heterocycles. The van der Waals surface area contributed by atoms with Crippen LogP contribution >= 0.6 is 0 Å². The highest BCUT2D eigenvalue weighted by atomic mass is 16.5. The average molecular weight is 225 g/mol. The fourth-order valence-corrected chi connectivity index (χ4v) is 0.606. The van der Waals surface area contributed by atoms with Crippen molar-refractivity contribution in [2.24, 2.45) is 0 Å². The van der Waals surface area contributed by atoms with Crippen molar-refractivity contribution < 1.29 is 18.4 Å². The Morgan fingerprint density at radius 1 is 1.25 bits per heavy atom. The third-order valence-corrected chi connectivity index (χ3v) is 1.12. The number of hydrogen-bond acceptors (Lipinski definition) is 5. The minimum Gasteiger partial charge on any atom is -0.473 e. The predicted octanol–water partition coefficient (Wildman–Crippen LogP) is 2.52. The lowest BCUT2D eigenvalue weighted by Gasteiger charge is -1.89. The standard InChI is InChI=1S/C4H8O2.C4H4O.C3H3NO/c1-3-6-4(2)5;1-2-4-5-3-1;1-2-5-3-4-1/h3H2,1-2H3;1-4H;1-3H. The van der Waals surface area contributed by atoms with Crippen molar-refractivity contribution in [2.75, 3.05) is 6.61 Å². The Bertz CT molecular complexity index is 255. The summed E-state index contributed by atoms with van der Waals surface area (Å²) in [5, 5.41) is 0. The number of esters is 1. The van der Waals surface area contributed by atoms with Gasteiger partial charge < -0.3 is 13.6 Å². The van der Waals surface area contributed by atoms with Gasteiger partial charge >= 0.3 is 5.97 Å². The van der Waals surface area contributed by atoms with Crippen molar-refractivity contribution in [1.29, 1.82) is 0 Å². The van der Waals surface area contributed by atoms with Gasteiger partial charge in [0, 0.05) is 6.92 Å². The summed E-state index contributed by atoms with van der Waals surface area (Å²) in [5.74, 6) is -0.211. The molecule has 0 fully saturated rings. The maximum atomic E-state index is 9.82. The summed E-state index contributed by atoms with van der Waals surface area (Å²) in [5.41, 5.74) is 0. The Kier molecular flexibility index (Phi) is 9.63. The molecule has 0 aliphatic carbocycles. The third kappa shape index (κ3) is 12.0. The molecule has 5 nitrogen and oxygen atoms in total. The summed E-state index contributed by atoms with van der Waals surface area (Å²) < 4.78 is 13.5. The fraction of sp³-hybridized carbons (Fsp3) is 0.273. The molecule has 0 amide bonds. The molecule has 2 aromatic rings. The van der Waals surface area contributed by atoms with Gasteiger partial charge in [0.25, 0.3) is 0 Å². The molecule has 5 heteroatoms. The highest BCUT2D eigenvalue weighted by molar-refractivity contribution is 5.65. The molecule has 0 aliphatic heterocycles. The average Bonchev–Trinajstić information content (AvgIpc) is 2.98. The molecule has 0 bridgehead atoms. The first-order valence-corrected chi connectivity index (χ1v) is 4.70. The van der Waals surface area contributed by atoms with Crippen molar-refractivity contribution >= 4 is 5.97 Å². The van der Waals surface area contributed by atoms with Gasteiger partial charge in [0.15, 0.2) is 6.39 Å². The molecular weight excluding hydrogens is 210 g/mol. The number of nitrogens with zero attached hydrogens (tertiary/aromatic N) is 1. The van der Waals surface area contributed by atoms with Crippen LogP contribution in [0.15, 0.2) is 52.3 Å².